The SMILES string of the molecule is COc1ccc(OCCCc2cc(S(=O)(=O)O)ccc2C)c(CN(C(C)=O)c2cccnc2Oc2ccccc2)c1. The summed E-state index contributed by atoms with van der Waals surface area (Å²) in [6.07, 6.45) is 2.75. The molecule has 1 aromatic heterocycles. The highest BCUT2D eigenvalue weighted by Gasteiger charge is 2.21. The van der Waals surface area contributed by atoms with E-state index < -0.39 is 10.1 Å². The molecule has 0 saturated heterocycles. The second-order valence-corrected chi connectivity index (χ2v) is 10.8. The Hall–Kier alpha value is -4.41. The average Bonchev–Trinajstić information content (AvgIpc) is 2.95. The van der Waals surface area contributed by atoms with Crippen molar-refractivity contribution in [2.24, 2.45) is 0 Å². The van der Waals surface area contributed by atoms with E-state index in [1.54, 1.807) is 48.5 Å². The Morgan fingerprint density at radius 1 is 0.951 bits per heavy atom. The largest absolute Gasteiger partial charge is 0.497 e. The number of rotatable bonds is 12. The van der Waals surface area contributed by atoms with Gasteiger partial charge in [-0.1, -0.05) is 24.3 Å². The molecule has 4 aromatic rings. The summed E-state index contributed by atoms with van der Waals surface area (Å²) in [7, 11) is -2.71. The number of hydrogen-bond acceptors (Lipinski definition) is 7. The molecular weight excluding hydrogens is 544 g/mol. The summed E-state index contributed by atoms with van der Waals surface area (Å²) >= 11 is 0. The number of ether oxygens (including phenoxy) is 3. The number of pyridine rings is 1. The second kappa shape index (κ2) is 13.3. The quantitative estimate of drug-likeness (QED) is 0.161. The second-order valence-electron chi connectivity index (χ2n) is 9.34. The van der Waals surface area contributed by atoms with Gasteiger partial charge in [0.2, 0.25) is 11.8 Å². The van der Waals surface area contributed by atoms with Crippen molar-refractivity contribution in [3.8, 4) is 23.1 Å². The normalized spacial score (nSPS) is 11.1. The number of methoxy groups -OCH3 is 1. The first-order valence-corrected chi connectivity index (χ1v) is 14.4. The highest BCUT2D eigenvalue weighted by molar-refractivity contribution is 7.85. The predicted octanol–water partition coefficient (Wildman–Crippen LogP) is 6.00. The van der Waals surface area contributed by atoms with Crippen molar-refractivity contribution in [3.05, 3.63) is 102 Å². The van der Waals surface area contributed by atoms with Crippen LogP contribution >= 0.6 is 0 Å². The van der Waals surface area contributed by atoms with Gasteiger partial charge in [0.1, 0.15) is 22.9 Å². The first-order valence-electron chi connectivity index (χ1n) is 13.0. The number of aryl methyl sites for hydroxylation is 2. The molecule has 41 heavy (non-hydrogen) atoms. The van der Waals surface area contributed by atoms with E-state index >= 15 is 0 Å². The minimum absolute atomic E-state index is 0.133. The van der Waals surface area contributed by atoms with E-state index in [9.17, 15) is 17.8 Å². The van der Waals surface area contributed by atoms with Gasteiger partial charge in [-0.3, -0.25) is 9.35 Å². The first kappa shape index (κ1) is 29.6. The lowest BCUT2D eigenvalue weighted by molar-refractivity contribution is -0.116. The molecule has 1 heterocycles. The van der Waals surface area contributed by atoms with Gasteiger partial charge in [0, 0.05) is 18.7 Å². The van der Waals surface area contributed by atoms with Gasteiger partial charge in [-0.05, 0) is 85.5 Å². The molecule has 4 rings (SSSR count). The fourth-order valence-corrected chi connectivity index (χ4v) is 4.80. The van der Waals surface area contributed by atoms with Crippen LogP contribution in [0.25, 0.3) is 0 Å². The highest BCUT2D eigenvalue weighted by atomic mass is 32.2. The number of carbonyl (C=O) groups is 1. The molecule has 10 heteroatoms. The van der Waals surface area contributed by atoms with Crippen molar-refractivity contribution >= 4 is 21.7 Å². The van der Waals surface area contributed by atoms with Gasteiger partial charge in [0.25, 0.3) is 10.1 Å². The Labute approximate surface area is 240 Å². The number of aromatic nitrogens is 1. The molecule has 0 saturated carbocycles. The number of benzene rings is 3. The fourth-order valence-electron chi connectivity index (χ4n) is 4.27. The van der Waals surface area contributed by atoms with Crippen molar-refractivity contribution in [2.45, 2.75) is 38.1 Å². The summed E-state index contributed by atoms with van der Waals surface area (Å²) < 4.78 is 50.0. The summed E-state index contributed by atoms with van der Waals surface area (Å²) in [6.45, 7) is 3.87. The smallest absolute Gasteiger partial charge is 0.294 e. The third kappa shape index (κ3) is 7.84. The lowest BCUT2D eigenvalue weighted by Gasteiger charge is -2.24. The summed E-state index contributed by atoms with van der Waals surface area (Å²) in [5.41, 5.74) is 2.96. The molecule has 214 valence electrons. The van der Waals surface area contributed by atoms with Crippen molar-refractivity contribution in [1.82, 2.24) is 4.98 Å². The molecule has 0 spiro atoms. The maximum Gasteiger partial charge on any atom is 0.294 e. The monoisotopic (exact) mass is 576 g/mol. The number of nitrogens with zero attached hydrogens (tertiary/aromatic N) is 2. The van der Waals surface area contributed by atoms with Crippen LogP contribution in [0.3, 0.4) is 0 Å². The molecule has 1 amide bonds. The van der Waals surface area contributed by atoms with Gasteiger partial charge in [0.05, 0.1) is 25.2 Å². The van der Waals surface area contributed by atoms with Crippen molar-refractivity contribution in [1.29, 1.82) is 0 Å². The van der Waals surface area contributed by atoms with Gasteiger partial charge in [-0.2, -0.15) is 8.42 Å². The van der Waals surface area contributed by atoms with Gasteiger partial charge in [-0.15, -0.1) is 0 Å². The third-order valence-electron chi connectivity index (χ3n) is 6.44. The third-order valence-corrected chi connectivity index (χ3v) is 7.29. The van der Waals surface area contributed by atoms with E-state index in [0.29, 0.717) is 48.3 Å². The lowest BCUT2D eigenvalue weighted by Crippen LogP contribution is -2.28. The minimum Gasteiger partial charge on any atom is -0.497 e. The van der Waals surface area contributed by atoms with Gasteiger partial charge in [0.15, 0.2) is 0 Å². The molecule has 0 radical (unpaired) electrons. The fraction of sp³-hybridized carbons (Fsp3) is 0.226. The van der Waals surface area contributed by atoms with Crippen LogP contribution < -0.4 is 19.1 Å². The molecule has 0 aliphatic heterocycles. The molecular formula is C31H32N2O7S. The molecule has 9 nitrogen and oxygen atoms in total. The number of hydrogen-bond donors (Lipinski definition) is 1. The number of anilines is 1. The zero-order valence-electron chi connectivity index (χ0n) is 23.1. The van der Waals surface area contributed by atoms with Crippen LogP contribution in [0, 0.1) is 6.92 Å². The predicted molar refractivity (Wildman–Crippen MR) is 155 cm³/mol. The Bertz CT molecular complexity index is 1610. The van der Waals surface area contributed by atoms with Crippen LogP contribution in [-0.4, -0.2) is 37.6 Å². The minimum atomic E-state index is -4.28. The van der Waals surface area contributed by atoms with E-state index in [0.717, 1.165) is 16.7 Å². The van der Waals surface area contributed by atoms with Crippen molar-refractivity contribution in [2.75, 3.05) is 18.6 Å². The van der Waals surface area contributed by atoms with Crippen molar-refractivity contribution in [3.63, 3.8) is 0 Å². The average molecular weight is 577 g/mol. The molecule has 1 N–H and O–H groups in total. The highest BCUT2D eigenvalue weighted by Crippen LogP contribution is 2.33. The maximum atomic E-state index is 12.9. The molecule has 0 unspecified atom stereocenters. The van der Waals surface area contributed by atoms with Crippen LogP contribution in [0.5, 0.6) is 23.1 Å². The molecule has 0 aliphatic carbocycles. The summed E-state index contributed by atoms with van der Waals surface area (Å²) in [5.74, 6) is 1.87. The molecule has 0 fully saturated rings. The summed E-state index contributed by atoms with van der Waals surface area (Å²) in [6, 6.07) is 22.7. The number of amides is 1. The van der Waals surface area contributed by atoms with E-state index in [-0.39, 0.29) is 17.3 Å². The summed E-state index contributed by atoms with van der Waals surface area (Å²) in [4.78, 5) is 18.7. The zero-order valence-corrected chi connectivity index (χ0v) is 23.9. The first-order chi connectivity index (χ1) is 19.7. The Balaban J connectivity index is 1.52. The Kier molecular flexibility index (Phi) is 9.59. The topological polar surface area (TPSA) is 115 Å². The molecule has 0 aliphatic rings. The summed E-state index contributed by atoms with van der Waals surface area (Å²) in [5, 5.41) is 0. The molecule has 0 atom stereocenters. The lowest BCUT2D eigenvalue weighted by atomic mass is 10.0. The van der Waals surface area contributed by atoms with E-state index in [4.69, 9.17) is 14.2 Å². The maximum absolute atomic E-state index is 12.9. The Morgan fingerprint density at radius 3 is 2.44 bits per heavy atom. The van der Waals surface area contributed by atoms with Crippen LogP contribution in [-0.2, 0) is 27.9 Å². The standard InChI is InChI=1S/C31H32N2O7S/c1-22-13-15-28(41(35,36)37)20-24(22)9-8-18-39-30-16-14-27(38-3)19-25(30)21-33(23(2)34)29-12-7-17-32-31(29)40-26-10-5-4-6-11-26/h4-7,10-17,19-20H,8-9,18,21H2,1-3H3,(H,35,36,37). The zero-order chi connectivity index (χ0) is 29.4. The van der Waals surface area contributed by atoms with Crippen LogP contribution in [0.2, 0.25) is 0 Å². The van der Waals surface area contributed by atoms with E-state index in [1.165, 1.54) is 19.1 Å². The Morgan fingerprint density at radius 2 is 1.73 bits per heavy atom. The van der Waals surface area contributed by atoms with E-state index in [2.05, 4.69) is 4.98 Å². The van der Waals surface area contributed by atoms with Crippen LogP contribution in [0.1, 0.15) is 30.0 Å². The number of carbonyl (C=O) groups excluding carboxylic acids is 1. The van der Waals surface area contributed by atoms with E-state index in [1.807, 2.05) is 43.3 Å². The van der Waals surface area contributed by atoms with Gasteiger partial charge < -0.3 is 19.1 Å². The van der Waals surface area contributed by atoms with Crippen LogP contribution in [0.15, 0.2) is 90.0 Å². The van der Waals surface area contributed by atoms with Gasteiger partial charge >= 0.3 is 0 Å². The molecule has 3 aromatic carbocycles. The molecule has 0 bridgehead atoms. The van der Waals surface area contributed by atoms with Gasteiger partial charge in [-0.25, -0.2) is 4.98 Å². The van der Waals surface area contributed by atoms with Crippen LogP contribution in [0.4, 0.5) is 5.69 Å². The number of para-hydroxylation sites is 1. The van der Waals surface area contributed by atoms with Crippen molar-refractivity contribution < 1.29 is 32.0 Å².